The highest BCUT2D eigenvalue weighted by Crippen LogP contribution is 2.59. The van der Waals surface area contributed by atoms with Crippen molar-refractivity contribution in [3.05, 3.63) is 64.4 Å². The van der Waals surface area contributed by atoms with Gasteiger partial charge in [0.2, 0.25) is 5.82 Å². The number of halogens is 1. The molecular weight excluding hydrogens is 576 g/mol. The summed E-state index contributed by atoms with van der Waals surface area (Å²) in [5, 5.41) is 3.85. The second kappa shape index (κ2) is 11.1. The van der Waals surface area contributed by atoms with E-state index in [1.807, 2.05) is 30.0 Å². The first-order valence-corrected chi connectivity index (χ1v) is 16.4. The normalized spacial score (nSPS) is 23.0. The highest BCUT2D eigenvalue weighted by molar-refractivity contribution is 7.92. The fourth-order valence-corrected chi connectivity index (χ4v) is 7.78. The number of hydrogen-bond donors (Lipinski definition) is 1. The van der Waals surface area contributed by atoms with Gasteiger partial charge in [0.1, 0.15) is 16.4 Å². The van der Waals surface area contributed by atoms with Gasteiger partial charge in [-0.15, -0.1) is 0 Å². The van der Waals surface area contributed by atoms with E-state index in [1.165, 1.54) is 6.42 Å². The van der Waals surface area contributed by atoms with E-state index in [0.29, 0.717) is 36.3 Å². The van der Waals surface area contributed by atoms with Gasteiger partial charge >= 0.3 is 0 Å². The van der Waals surface area contributed by atoms with Gasteiger partial charge < -0.3 is 9.26 Å². The van der Waals surface area contributed by atoms with Crippen molar-refractivity contribution in [2.75, 3.05) is 11.3 Å². The number of sulfonamides is 1. The van der Waals surface area contributed by atoms with Gasteiger partial charge in [-0.1, -0.05) is 60.1 Å². The van der Waals surface area contributed by atoms with Gasteiger partial charge in [0.15, 0.2) is 5.76 Å². The summed E-state index contributed by atoms with van der Waals surface area (Å²) >= 11 is 6.18. The van der Waals surface area contributed by atoms with Crippen LogP contribution in [-0.4, -0.2) is 42.4 Å². The number of fused-ring (bicyclic) bond motifs is 1. The van der Waals surface area contributed by atoms with E-state index in [0.717, 1.165) is 48.2 Å². The number of aryl methyl sites for hydroxylation is 1. The Balaban J connectivity index is 1.32. The maximum absolute atomic E-state index is 13.8. The molecule has 2 saturated carbocycles. The Kier molecular flexibility index (Phi) is 7.66. The molecule has 9 nitrogen and oxygen atoms in total. The molecule has 2 heterocycles. The summed E-state index contributed by atoms with van der Waals surface area (Å²) in [5.74, 6) is 2.55. The van der Waals surface area contributed by atoms with Crippen LogP contribution in [0.4, 0.5) is 5.82 Å². The Bertz CT molecular complexity index is 1660. The number of ether oxygens (including phenoxy) is 1. The molecule has 6 rings (SSSR count). The number of carbonyl (C=O) groups excluding carboxylic acids is 1. The van der Waals surface area contributed by atoms with Crippen LogP contribution >= 0.6 is 11.6 Å². The number of amides is 1. The Morgan fingerprint density at radius 1 is 1.14 bits per heavy atom. The second-order valence-electron chi connectivity index (χ2n) is 11.5. The van der Waals surface area contributed by atoms with Gasteiger partial charge in [-0.05, 0) is 74.1 Å². The van der Waals surface area contributed by atoms with E-state index >= 15 is 0 Å². The van der Waals surface area contributed by atoms with Crippen molar-refractivity contribution in [1.29, 1.82) is 0 Å². The summed E-state index contributed by atoms with van der Waals surface area (Å²) in [6, 6.07) is 12.6. The summed E-state index contributed by atoms with van der Waals surface area (Å²) in [4.78, 5) is 20.7. The van der Waals surface area contributed by atoms with Crippen molar-refractivity contribution in [2.24, 2.45) is 16.8 Å². The fourth-order valence-electron chi connectivity index (χ4n) is 6.38. The first kappa shape index (κ1) is 28.9. The number of anilines is 1. The molecule has 2 fully saturated rings. The number of aromatic nitrogens is 1. The Hall–Kier alpha value is -3.21. The molecule has 3 aromatic rings. The van der Waals surface area contributed by atoms with E-state index < -0.39 is 15.6 Å². The van der Waals surface area contributed by atoms with Crippen LogP contribution in [0, 0.1) is 18.8 Å². The van der Waals surface area contributed by atoms with Gasteiger partial charge in [0.25, 0.3) is 15.9 Å². The standard InChI is InChI=1S/C31H35ClN4O5S/c1-4-8-27-33-31(15-21-14-22(21)16-31)30(37)36(27)17-20-11-12-24(23(13-20)18-40-5-2)25-9-6-7-10-26(25)42(38,39)35-29-28(32)19(3)41-34-29/h6-7,9-13,21-22H,4-5,8,14-18H2,1-3H3,(H,34,35). The van der Waals surface area contributed by atoms with Crippen LogP contribution in [0.2, 0.25) is 5.02 Å². The molecule has 1 amide bonds. The third kappa shape index (κ3) is 5.24. The molecule has 2 aromatic carbocycles. The number of benzene rings is 2. The van der Waals surface area contributed by atoms with Crippen LogP contribution in [-0.2, 0) is 32.7 Å². The molecule has 1 N–H and O–H groups in total. The van der Waals surface area contributed by atoms with Crippen molar-refractivity contribution >= 4 is 39.2 Å². The lowest BCUT2D eigenvalue weighted by atomic mass is 9.93. The third-order valence-corrected chi connectivity index (χ3v) is 10.3. The van der Waals surface area contributed by atoms with Gasteiger partial charge in [-0.3, -0.25) is 19.4 Å². The summed E-state index contributed by atoms with van der Waals surface area (Å²) in [5.41, 5.74) is 2.42. The zero-order valence-corrected chi connectivity index (χ0v) is 25.6. The summed E-state index contributed by atoms with van der Waals surface area (Å²) in [7, 11) is -4.07. The minimum atomic E-state index is -4.07. The Morgan fingerprint density at radius 2 is 1.90 bits per heavy atom. The predicted octanol–water partition coefficient (Wildman–Crippen LogP) is 6.35. The molecule has 0 bridgehead atoms. The molecule has 2 atom stereocenters. The van der Waals surface area contributed by atoms with E-state index in [-0.39, 0.29) is 28.3 Å². The van der Waals surface area contributed by atoms with Crippen LogP contribution in [0.15, 0.2) is 56.9 Å². The highest BCUT2D eigenvalue weighted by atomic mass is 35.5. The van der Waals surface area contributed by atoms with Crippen LogP contribution in [0.3, 0.4) is 0 Å². The average molecular weight is 611 g/mol. The van der Waals surface area contributed by atoms with E-state index in [1.54, 1.807) is 31.2 Å². The van der Waals surface area contributed by atoms with Crippen LogP contribution in [0.5, 0.6) is 0 Å². The number of hydrogen-bond acceptors (Lipinski definition) is 7. The van der Waals surface area contributed by atoms with Crippen molar-refractivity contribution in [3.63, 3.8) is 0 Å². The molecule has 42 heavy (non-hydrogen) atoms. The van der Waals surface area contributed by atoms with Crippen LogP contribution in [0.1, 0.15) is 62.8 Å². The molecule has 1 aromatic heterocycles. The SMILES string of the molecule is CCCC1=NC2(CC3CC3C2)C(=O)N1Cc1ccc(-c2ccccc2S(=O)(=O)Nc2noc(C)c2Cl)c(COCC)c1. The third-order valence-electron chi connectivity index (χ3n) is 8.50. The van der Waals surface area contributed by atoms with E-state index in [9.17, 15) is 13.2 Å². The van der Waals surface area contributed by atoms with Crippen molar-refractivity contribution in [3.8, 4) is 11.1 Å². The largest absolute Gasteiger partial charge is 0.377 e. The quantitative estimate of drug-likeness (QED) is 0.271. The van der Waals surface area contributed by atoms with Crippen LogP contribution < -0.4 is 4.72 Å². The molecule has 1 spiro atoms. The zero-order chi connectivity index (χ0) is 29.6. The maximum atomic E-state index is 13.8. The number of amidine groups is 1. The zero-order valence-electron chi connectivity index (χ0n) is 24.0. The lowest BCUT2D eigenvalue weighted by molar-refractivity contribution is -0.131. The lowest BCUT2D eigenvalue weighted by Crippen LogP contribution is -2.41. The van der Waals surface area contributed by atoms with Gasteiger partial charge in [-0.25, -0.2) is 8.42 Å². The number of aliphatic imine (C=N–C) groups is 1. The molecule has 2 aliphatic carbocycles. The van der Waals surface area contributed by atoms with E-state index in [4.69, 9.17) is 25.9 Å². The smallest absolute Gasteiger partial charge is 0.263 e. The summed E-state index contributed by atoms with van der Waals surface area (Å²) in [6.45, 7) is 6.82. The molecular formula is C31H35ClN4O5S. The molecule has 222 valence electrons. The molecule has 2 unspecified atom stereocenters. The van der Waals surface area contributed by atoms with Crippen molar-refractivity contribution in [2.45, 2.75) is 76.5 Å². The minimum absolute atomic E-state index is 0.0639. The highest BCUT2D eigenvalue weighted by Gasteiger charge is 2.61. The molecule has 3 aliphatic rings. The Morgan fingerprint density at radius 3 is 2.60 bits per heavy atom. The fraction of sp³-hybridized carbons (Fsp3) is 0.452. The number of rotatable bonds is 11. The summed E-state index contributed by atoms with van der Waals surface area (Å²) in [6.07, 6.45) is 4.65. The average Bonchev–Trinajstić information content (AvgIpc) is 3.38. The monoisotopic (exact) mass is 610 g/mol. The minimum Gasteiger partial charge on any atom is -0.377 e. The number of carbonyl (C=O) groups is 1. The van der Waals surface area contributed by atoms with Crippen molar-refractivity contribution in [1.82, 2.24) is 10.1 Å². The second-order valence-corrected chi connectivity index (χ2v) is 13.5. The van der Waals surface area contributed by atoms with Crippen molar-refractivity contribution < 1.29 is 22.5 Å². The lowest BCUT2D eigenvalue weighted by Gasteiger charge is -2.24. The van der Waals surface area contributed by atoms with Gasteiger partial charge in [0.05, 0.1) is 18.0 Å². The van der Waals surface area contributed by atoms with Gasteiger partial charge in [-0.2, -0.15) is 0 Å². The molecule has 11 heteroatoms. The summed E-state index contributed by atoms with van der Waals surface area (Å²) < 4.78 is 40.3. The number of nitrogens with one attached hydrogen (secondary N) is 1. The van der Waals surface area contributed by atoms with Crippen LogP contribution in [0.25, 0.3) is 11.1 Å². The number of nitrogens with zero attached hydrogens (tertiary/aromatic N) is 3. The topological polar surface area (TPSA) is 114 Å². The maximum Gasteiger partial charge on any atom is 0.263 e. The molecule has 0 saturated heterocycles. The first-order chi connectivity index (χ1) is 20.2. The van der Waals surface area contributed by atoms with Gasteiger partial charge in [0, 0.05) is 18.6 Å². The molecule has 0 radical (unpaired) electrons. The van der Waals surface area contributed by atoms with E-state index in [2.05, 4.69) is 16.8 Å². The molecule has 1 aliphatic heterocycles. The Labute approximate surface area is 251 Å². The first-order valence-electron chi connectivity index (χ1n) is 14.5. The predicted molar refractivity (Wildman–Crippen MR) is 161 cm³/mol.